The molecule has 0 saturated carbocycles. The minimum absolute atomic E-state index is 0.194. The Balaban J connectivity index is 1.50. The van der Waals surface area contributed by atoms with Gasteiger partial charge in [-0.05, 0) is 42.8 Å². The molecule has 2 aromatic rings. The first kappa shape index (κ1) is 20.5. The highest BCUT2D eigenvalue weighted by molar-refractivity contribution is 9.10. The van der Waals surface area contributed by atoms with E-state index < -0.39 is 5.82 Å². The normalized spacial score (nSPS) is 16.4. The number of hydrogen-bond donors (Lipinski definition) is 1. The molecule has 1 aliphatic rings. The van der Waals surface area contributed by atoms with Crippen LogP contribution in [0.1, 0.15) is 18.1 Å². The van der Waals surface area contributed by atoms with E-state index in [1.165, 1.54) is 11.6 Å². The quantitative estimate of drug-likeness (QED) is 0.764. The number of amides is 1. The minimum atomic E-state index is -0.456. The molecule has 1 fully saturated rings. The maximum atomic E-state index is 13.9. The average molecular weight is 445 g/mol. The predicted octanol–water partition coefficient (Wildman–Crippen LogP) is 3.60. The number of benzene rings is 2. The van der Waals surface area contributed by atoms with Crippen LogP contribution in [0.3, 0.4) is 0 Å². The molecule has 0 aliphatic carbocycles. The number of nitriles is 1. The fraction of sp³-hybridized carbons (Fsp3) is 0.333. The van der Waals surface area contributed by atoms with Crippen LogP contribution in [0, 0.1) is 17.1 Å². The van der Waals surface area contributed by atoms with Gasteiger partial charge in [0.15, 0.2) is 0 Å². The molecular formula is C21H22BrFN4O. The Morgan fingerprint density at radius 1 is 1.21 bits per heavy atom. The monoisotopic (exact) mass is 444 g/mol. The van der Waals surface area contributed by atoms with E-state index >= 15 is 0 Å². The average Bonchev–Trinajstić information content (AvgIpc) is 2.70. The van der Waals surface area contributed by atoms with Gasteiger partial charge in [0, 0.05) is 37.2 Å². The lowest BCUT2D eigenvalue weighted by Crippen LogP contribution is -2.52. The second kappa shape index (κ2) is 9.28. The number of rotatable bonds is 5. The largest absolute Gasteiger partial charge is 0.322 e. The van der Waals surface area contributed by atoms with Gasteiger partial charge in [-0.1, -0.05) is 28.1 Å². The van der Waals surface area contributed by atoms with Crippen LogP contribution in [0.4, 0.5) is 10.1 Å². The van der Waals surface area contributed by atoms with Gasteiger partial charge >= 0.3 is 0 Å². The molecule has 146 valence electrons. The van der Waals surface area contributed by atoms with E-state index in [2.05, 4.69) is 37.1 Å². The van der Waals surface area contributed by atoms with Crippen molar-refractivity contribution >= 4 is 27.5 Å². The molecule has 1 heterocycles. The summed E-state index contributed by atoms with van der Waals surface area (Å²) in [6.07, 6.45) is 0. The van der Waals surface area contributed by atoms with Gasteiger partial charge in [0.1, 0.15) is 5.82 Å². The first-order valence-electron chi connectivity index (χ1n) is 9.17. The van der Waals surface area contributed by atoms with Crippen LogP contribution in [0.15, 0.2) is 46.9 Å². The van der Waals surface area contributed by atoms with E-state index in [1.54, 1.807) is 12.1 Å². The molecule has 1 atom stereocenters. The van der Waals surface area contributed by atoms with Crippen LogP contribution in [0.2, 0.25) is 0 Å². The first-order chi connectivity index (χ1) is 13.5. The molecular weight excluding hydrogens is 423 g/mol. The molecule has 1 saturated heterocycles. The van der Waals surface area contributed by atoms with Gasteiger partial charge in [0.2, 0.25) is 5.91 Å². The summed E-state index contributed by atoms with van der Waals surface area (Å²) < 4.78 is 14.6. The lowest BCUT2D eigenvalue weighted by molar-refractivity contribution is -0.121. The van der Waals surface area contributed by atoms with Crippen LogP contribution in [-0.2, 0) is 11.3 Å². The molecule has 0 spiro atoms. The highest BCUT2D eigenvalue weighted by Gasteiger charge is 2.26. The highest BCUT2D eigenvalue weighted by atomic mass is 79.9. The molecule has 0 bridgehead atoms. The SMILES string of the molecule is CC(C(=O)Nc1ccc(Br)cc1F)N1CCN(Cc2ccc(C#N)cc2)CC1. The van der Waals surface area contributed by atoms with Crippen molar-refractivity contribution in [2.75, 3.05) is 31.5 Å². The number of anilines is 1. The Hall–Kier alpha value is -2.27. The number of carbonyl (C=O) groups excluding carboxylic acids is 1. The summed E-state index contributed by atoms with van der Waals surface area (Å²) in [4.78, 5) is 17.0. The summed E-state index contributed by atoms with van der Waals surface area (Å²) in [5.41, 5.74) is 2.03. The summed E-state index contributed by atoms with van der Waals surface area (Å²) in [7, 11) is 0. The molecule has 3 rings (SSSR count). The van der Waals surface area contributed by atoms with Crippen molar-refractivity contribution in [3.05, 3.63) is 63.9 Å². The summed E-state index contributed by atoms with van der Waals surface area (Å²) in [5, 5.41) is 11.6. The van der Waals surface area contributed by atoms with E-state index in [0.29, 0.717) is 10.0 Å². The van der Waals surface area contributed by atoms with E-state index in [9.17, 15) is 9.18 Å². The Morgan fingerprint density at radius 3 is 2.50 bits per heavy atom. The number of nitrogens with zero attached hydrogens (tertiary/aromatic N) is 3. The van der Waals surface area contributed by atoms with Crippen molar-refractivity contribution in [1.29, 1.82) is 5.26 Å². The van der Waals surface area contributed by atoms with E-state index in [-0.39, 0.29) is 17.6 Å². The number of carbonyl (C=O) groups is 1. The molecule has 28 heavy (non-hydrogen) atoms. The summed E-state index contributed by atoms with van der Waals surface area (Å²) in [6, 6.07) is 14.0. The minimum Gasteiger partial charge on any atom is -0.322 e. The highest BCUT2D eigenvalue weighted by Crippen LogP contribution is 2.20. The van der Waals surface area contributed by atoms with Crippen LogP contribution in [-0.4, -0.2) is 47.9 Å². The second-order valence-corrected chi connectivity index (χ2v) is 7.83. The Bertz CT molecular complexity index is 873. The zero-order chi connectivity index (χ0) is 20.1. The van der Waals surface area contributed by atoms with E-state index in [4.69, 9.17) is 5.26 Å². The topological polar surface area (TPSA) is 59.4 Å². The number of piperazine rings is 1. The maximum Gasteiger partial charge on any atom is 0.241 e. The standard InChI is InChI=1S/C21H22BrFN4O/c1-15(21(28)25-20-7-6-18(22)12-19(20)23)27-10-8-26(9-11-27)14-17-4-2-16(13-24)3-5-17/h2-7,12,15H,8-11,14H2,1H3,(H,25,28). The van der Waals surface area contributed by atoms with Gasteiger partial charge in [-0.2, -0.15) is 5.26 Å². The van der Waals surface area contributed by atoms with Crippen molar-refractivity contribution in [3.63, 3.8) is 0 Å². The number of halogens is 2. The second-order valence-electron chi connectivity index (χ2n) is 6.91. The molecule has 5 nitrogen and oxygen atoms in total. The first-order valence-corrected chi connectivity index (χ1v) is 9.97. The van der Waals surface area contributed by atoms with Crippen LogP contribution >= 0.6 is 15.9 Å². The van der Waals surface area contributed by atoms with Gasteiger partial charge < -0.3 is 5.32 Å². The third kappa shape index (κ3) is 5.16. The molecule has 0 radical (unpaired) electrons. The van der Waals surface area contributed by atoms with Gasteiger partial charge in [-0.15, -0.1) is 0 Å². The van der Waals surface area contributed by atoms with Crippen molar-refractivity contribution in [3.8, 4) is 6.07 Å². The molecule has 2 aromatic carbocycles. The lowest BCUT2D eigenvalue weighted by Gasteiger charge is -2.37. The maximum absolute atomic E-state index is 13.9. The summed E-state index contributed by atoms with van der Waals surface area (Å²) in [6.45, 7) is 5.92. The van der Waals surface area contributed by atoms with Gasteiger partial charge in [-0.3, -0.25) is 14.6 Å². The molecule has 7 heteroatoms. The van der Waals surface area contributed by atoms with Crippen molar-refractivity contribution in [2.45, 2.75) is 19.5 Å². The third-order valence-corrected chi connectivity index (χ3v) is 5.51. The third-order valence-electron chi connectivity index (χ3n) is 5.01. The van der Waals surface area contributed by atoms with Crippen LogP contribution < -0.4 is 5.32 Å². The molecule has 1 amide bonds. The molecule has 1 N–H and O–H groups in total. The van der Waals surface area contributed by atoms with Gasteiger partial charge in [0.05, 0.1) is 23.4 Å². The Labute approximate surface area is 172 Å². The van der Waals surface area contributed by atoms with Crippen molar-refractivity contribution in [1.82, 2.24) is 9.80 Å². The molecule has 0 aromatic heterocycles. The molecule has 1 unspecified atom stereocenters. The Kier molecular flexibility index (Phi) is 6.79. The van der Waals surface area contributed by atoms with Crippen LogP contribution in [0.5, 0.6) is 0 Å². The molecule has 1 aliphatic heterocycles. The summed E-state index contributed by atoms with van der Waals surface area (Å²) >= 11 is 3.21. The zero-order valence-electron chi connectivity index (χ0n) is 15.7. The number of hydrogen-bond acceptors (Lipinski definition) is 4. The smallest absolute Gasteiger partial charge is 0.241 e. The summed E-state index contributed by atoms with van der Waals surface area (Å²) in [5.74, 6) is -0.663. The van der Waals surface area contributed by atoms with Crippen LogP contribution in [0.25, 0.3) is 0 Å². The fourth-order valence-electron chi connectivity index (χ4n) is 3.25. The van der Waals surface area contributed by atoms with Gasteiger partial charge in [0.25, 0.3) is 0 Å². The predicted molar refractivity (Wildman–Crippen MR) is 110 cm³/mol. The number of nitrogens with one attached hydrogen (secondary N) is 1. The Morgan fingerprint density at radius 2 is 1.89 bits per heavy atom. The lowest BCUT2D eigenvalue weighted by atomic mass is 10.1. The van der Waals surface area contributed by atoms with Gasteiger partial charge in [-0.25, -0.2) is 4.39 Å². The van der Waals surface area contributed by atoms with Crippen molar-refractivity contribution in [2.24, 2.45) is 0 Å². The van der Waals surface area contributed by atoms with E-state index in [1.807, 2.05) is 31.2 Å². The van der Waals surface area contributed by atoms with Crippen molar-refractivity contribution < 1.29 is 9.18 Å². The fourth-order valence-corrected chi connectivity index (χ4v) is 3.58. The zero-order valence-corrected chi connectivity index (χ0v) is 17.2. The van der Waals surface area contributed by atoms with E-state index in [0.717, 1.165) is 32.7 Å².